The van der Waals surface area contributed by atoms with E-state index < -0.39 is 0 Å². The molecule has 94 valence electrons. The Bertz CT molecular complexity index is 740. The summed E-state index contributed by atoms with van der Waals surface area (Å²) < 4.78 is 1.86. The van der Waals surface area contributed by atoms with Crippen molar-refractivity contribution in [2.75, 3.05) is 0 Å². The lowest BCUT2D eigenvalue weighted by Crippen LogP contribution is -2.08. The van der Waals surface area contributed by atoms with Crippen molar-refractivity contribution in [1.29, 1.82) is 0 Å². The second-order valence-corrected chi connectivity index (χ2v) is 4.43. The SMILES string of the molecule is Cn1ccnc1CC(=O)c1cccc2ncccc12. The third kappa shape index (κ3) is 2.12. The smallest absolute Gasteiger partial charge is 0.171 e. The van der Waals surface area contributed by atoms with E-state index in [0.29, 0.717) is 12.0 Å². The molecule has 2 heterocycles. The predicted octanol–water partition coefficient (Wildman–Crippen LogP) is 2.39. The zero-order valence-corrected chi connectivity index (χ0v) is 10.6. The number of aryl methyl sites for hydroxylation is 1. The van der Waals surface area contributed by atoms with Crippen molar-refractivity contribution in [3.05, 3.63) is 60.3 Å². The molecule has 0 atom stereocenters. The lowest BCUT2D eigenvalue weighted by atomic mass is 10.0. The molecule has 0 aliphatic carbocycles. The minimum Gasteiger partial charge on any atom is -0.338 e. The van der Waals surface area contributed by atoms with Crippen molar-refractivity contribution in [2.45, 2.75) is 6.42 Å². The topological polar surface area (TPSA) is 47.8 Å². The van der Waals surface area contributed by atoms with Gasteiger partial charge in [-0.25, -0.2) is 4.98 Å². The molecule has 2 aromatic heterocycles. The molecule has 0 amide bonds. The van der Waals surface area contributed by atoms with Gasteiger partial charge in [0.25, 0.3) is 0 Å². The molecule has 1 aromatic carbocycles. The average molecular weight is 251 g/mol. The molecule has 0 fully saturated rings. The van der Waals surface area contributed by atoms with Crippen LogP contribution in [0.15, 0.2) is 48.9 Å². The number of pyridine rings is 1. The highest BCUT2D eigenvalue weighted by molar-refractivity contribution is 6.07. The Balaban J connectivity index is 2.00. The van der Waals surface area contributed by atoms with E-state index in [1.165, 1.54) is 0 Å². The van der Waals surface area contributed by atoms with Crippen molar-refractivity contribution in [1.82, 2.24) is 14.5 Å². The van der Waals surface area contributed by atoms with Crippen LogP contribution in [0.1, 0.15) is 16.2 Å². The van der Waals surface area contributed by atoms with Gasteiger partial charge in [0.05, 0.1) is 11.9 Å². The van der Waals surface area contributed by atoms with Gasteiger partial charge < -0.3 is 4.57 Å². The Morgan fingerprint density at radius 1 is 1.16 bits per heavy atom. The van der Waals surface area contributed by atoms with Gasteiger partial charge in [0.2, 0.25) is 0 Å². The molecular formula is C15H13N3O. The van der Waals surface area contributed by atoms with E-state index in [1.54, 1.807) is 12.4 Å². The molecule has 3 aromatic rings. The Labute approximate surface area is 110 Å². The van der Waals surface area contributed by atoms with Crippen LogP contribution in [0.25, 0.3) is 10.9 Å². The largest absolute Gasteiger partial charge is 0.338 e. The van der Waals surface area contributed by atoms with Gasteiger partial charge in [0, 0.05) is 36.6 Å². The Kier molecular flexibility index (Phi) is 2.83. The summed E-state index contributed by atoms with van der Waals surface area (Å²) in [6.45, 7) is 0. The molecule has 4 heteroatoms. The van der Waals surface area contributed by atoms with Gasteiger partial charge in [-0.15, -0.1) is 0 Å². The van der Waals surface area contributed by atoms with Crippen LogP contribution in [0, 0.1) is 0 Å². The van der Waals surface area contributed by atoms with Crippen LogP contribution < -0.4 is 0 Å². The first kappa shape index (κ1) is 11.6. The fourth-order valence-electron chi connectivity index (χ4n) is 2.15. The Morgan fingerprint density at radius 3 is 2.84 bits per heavy atom. The highest BCUT2D eigenvalue weighted by Crippen LogP contribution is 2.18. The second-order valence-electron chi connectivity index (χ2n) is 4.43. The van der Waals surface area contributed by atoms with Crippen LogP contribution >= 0.6 is 0 Å². The number of carbonyl (C=O) groups excluding carboxylic acids is 1. The van der Waals surface area contributed by atoms with Crippen molar-refractivity contribution >= 4 is 16.7 Å². The summed E-state index contributed by atoms with van der Waals surface area (Å²) in [4.78, 5) is 20.9. The van der Waals surface area contributed by atoms with E-state index in [1.807, 2.05) is 48.1 Å². The minimum absolute atomic E-state index is 0.0629. The highest BCUT2D eigenvalue weighted by Gasteiger charge is 2.13. The normalized spacial score (nSPS) is 10.8. The molecule has 0 aliphatic rings. The maximum absolute atomic E-state index is 12.4. The molecule has 19 heavy (non-hydrogen) atoms. The summed E-state index contributed by atoms with van der Waals surface area (Å²) in [6.07, 6.45) is 5.58. The summed E-state index contributed by atoms with van der Waals surface area (Å²) in [5, 5.41) is 0.893. The molecule has 0 spiro atoms. The van der Waals surface area contributed by atoms with Crippen LogP contribution in [-0.2, 0) is 13.5 Å². The quantitative estimate of drug-likeness (QED) is 0.671. The Morgan fingerprint density at radius 2 is 2.05 bits per heavy atom. The van der Waals surface area contributed by atoms with E-state index in [4.69, 9.17) is 0 Å². The average Bonchev–Trinajstić information content (AvgIpc) is 2.83. The first-order valence-electron chi connectivity index (χ1n) is 6.09. The summed E-state index contributed by atoms with van der Waals surface area (Å²) >= 11 is 0. The highest BCUT2D eigenvalue weighted by atomic mass is 16.1. The van der Waals surface area contributed by atoms with E-state index in [9.17, 15) is 4.79 Å². The fourth-order valence-corrected chi connectivity index (χ4v) is 2.15. The third-order valence-corrected chi connectivity index (χ3v) is 3.19. The van der Waals surface area contributed by atoms with Gasteiger partial charge in [-0.2, -0.15) is 0 Å². The van der Waals surface area contributed by atoms with Crippen molar-refractivity contribution in [3.8, 4) is 0 Å². The monoisotopic (exact) mass is 251 g/mol. The lowest BCUT2D eigenvalue weighted by molar-refractivity contribution is 0.0991. The number of hydrogen-bond donors (Lipinski definition) is 0. The van der Waals surface area contributed by atoms with Gasteiger partial charge in [0.1, 0.15) is 5.82 Å². The van der Waals surface area contributed by atoms with E-state index in [2.05, 4.69) is 9.97 Å². The van der Waals surface area contributed by atoms with Crippen molar-refractivity contribution < 1.29 is 4.79 Å². The van der Waals surface area contributed by atoms with Gasteiger partial charge >= 0.3 is 0 Å². The van der Waals surface area contributed by atoms with Crippen molar-refractivity contribution in [2.24, 2.45) is 7.05 Å². The summed E-state index contributed by atoms with van der Waals surface area (Å²) in [7, 11) is 1.89. The summed E-state index contributed by atoms with van der Waals surface area (Å²) in [5.74, 6) is 0.832. The maximum atomic E-state index is 12.4. The first-order valence-corrected chi connectivity index (χ1v) is 6.09. The van der Waals surface area contributed by atoms with Gasteiger partial charge in [-0.3, -0.25) is 9.78 Å². The number of rotatable bonds is 3. The molecule has 0 unspecified atom stereocenters. The summed E-state index contributed by atoms with van der Waals surface area (Å²) in [5.41, 5.74) is 1.54. The molecule has 3 rings (SSSR count). The predicted molar refractivity (Wildman–Crippen MR) is 73.0 cm³/mol. The molecule has 0 bridgehead atoms. The van der Waals surface area contributed by atoms with Gasteiger partial charge in [-0.1, -0.05) is 18.2 Å². The zero-order chi connectivity index (χ0) is 13.2. The van der Waals surface area contributed by atoms with Gasteiger partial charge in [-0.05, 0) is 12.1 Å². The maximum Gasteiger partial charge on any atom is 0.171 e. The number of hydrogen-bond acceptors (Lipinski definition) is 3. The van der Waals surface area contributed by atoms with Gasteiger partial charge in [0.15, 0.2) is 5.78 Å². The third-order valence-electron chi connectivity index (χ3n) is 3.19. The van der Waals surface area contributed by atoms with Crippen LogP contribution in [0.3, 0.4) is 0 Å². The van der Waals surface area contributed by atoms with Crippen LogP contribution in [0.5, 0.6) is 0 Å². The molecule has 0 aliphatic heterocycles. The van der Waals surface area contributed by atoms with Crippen molar-refractivity contribution in [3.63, 3.8) is 0 Å². The number of ketones is 1. The second kappa shape index (κ2) is 4.65. The minimum atomic E-state index is 0.0629. The molecule has 0 saturated carbocycles. The zero-order valence-electron chi connectivity index (χ0n) is 10.6. The molecule has 0 radical (unpaired) electrons. The summed E-state index contributed by atoms with van der Waals surface area (Å²) in [6, 6.07) is 9.39. The number of carbonyl (C=O) groups is 1. The molecule has 0 saturated heterocycles. The fraction of sp³-hybridized carbons (Fsp3) is 0.133. The number of nitrogens with zero attached hydrogens (tertiary/aromatic N) is 3. The molecule has 0 N–H and O–H groups in total. The van der Waals surface area contributed by atoms with E-state index in [0.717, 1.165) is 16.7 Å². The Hall–Kier alpha value is -2.49. The van der Waals surface area contributed by atoms with Crippen LogP contribution in [0.4, 0.5) is 0 Å². The number of Topliss-reactive ketones (excluding diaryl/α,β-unsaturated/α-hetero) is 1. The number of fused-ring (bicyclic) bond motifs is 1. The molecular weight excluding hydrogens is 238 g/mol. The van der Waals surface area contributed by atoms with E-state index >= 15 is 0 Å². The molecule has 4 nitrogen and oxygen atoms in total. The number of imidazole rings is 1. The standard InChI is InChI=1S/C15H13N3O/c1-18-9-8-17-15(18)10-14(19)12-4-2-6-13-11(12)5-3-7-16-13/h2-9H,10H2,1H3. The number of benzene rings is 1. The number of aromatic nitrogens is 3. The van der Waals surface area contributed by atoms with Crippen LogP contribution in [0.2, 0.25) is 0 Å². The van der Waals surface area contributed by atoms with Crippen LogP contribution in [-0.4, -0.2) is 20.3 Å². The first-order chi connectivity index (χ1) is 9.25. The van der Waals surface area contributed by atoms with E-state index in [-0.39, 0.29) is 5.78 Å². The lowest BCUT2D eigenvalue weighted by Gasteiger charge is -2.05.